The van der Waals surface area contributed by atoms with Gasteiger partial charge in [-0.05, 0) is 24.5 Å². The molecule has 0 saturated heterocycles. The second-order valence-electron chi connectivity index (χ2n) is 5.71. The first kappa shape index (κ1) is 18.7. The van der Waals surface area contributed by atoms with E-state index in [1.165, 1.54) is 23.2 Å². The Labute approximate surface area is 157 Å². The maximum absolute atomic E-state index is 13.1. The first-order valence-corrected chi connectivity index (χ1v) is 8.23. The molecule has 1 aliphatic heterocycles. The molecule has 2 aromatic rings. The number of hydrogen-bond acceptors (Lipinski definition) is 5. The van der Waals surface area contributed by atoms with Crippen LogP contribution in [-0.4, -0.2) is 28.8 Å². The number of aromatic nitrogens is 2. The zero-order valence-corrected chi connectivity index (χ0v) is 14.5. The molecule has 138 valence electrons. The smallest absolute Gasteiger partial charge is 0.296 e. The van der Waals surface area contributed by atoms with Gasteiger partial charge in [-0.3, -0.25) is 15.0 Å². The number of halogens is 3. The summed E-state index contributed by atoms with van der Waals surface area (Å²) in [6.07, 6.45) is -0.357. The Kier molecular flexibility index (Phi) is 5.28. The fourth-order valence-electron chi connectivity index (χ4n) is 2.75. The maximum atomic E-state index is 13.1. The van der Waals surface area contributed by atoms with E-state index < -0.39 is 23.7 Å². The van der Waals surface area contributed by atoms with Gasteiger partial charge < -0.3 is 0 Å². The summed E-state index contributed by atoms with van der Waals surface area (Å²) >= 11 is 5.92. The average Bonchev–Trinajstić information content (AvgIpc) is 2.66. The normalized spacial score (nSPS) is 13.1. The number of nitrogens with one attached hydrogen (secondary N) is 1. The Bertz CT molecular complexity index is 961. The monoisotopic (exact) mass is 391 g/mol. The molecule has 0 spiro atoms. The van der Waals surface area contributed by atoms with Crippen LogP contribution >= 0.6 is 11.6 Å². The number of fused-ring (bicyclic) bond motifs is 1. The van der Waals surface area contributed by atoms with Crippen molar-refractivity contribution < 1.29 is 18.4 Å². The van der Waals surface area contributed by atoms with Crippen molar-refractivity contribution in [1.82, 2.24) is 9.97 Å². The van der Waals surface area contributed by atoms with Crippen molar-refractivity contribution >= 4 is 35.6 Å². The summed E-state index contributed by atoms with van der Waals surface area (Å²) in [5.41, 5.74) is -0.229. The zero-order valence-electron chi connectivity index (χ0n) is 13.7. The number of carbonyl (C=O) groups is 2. The molecular formula is C17H12ClF2N5O2. The quantitative estimate of drug-likeness (QED) is 0.803. The van der Waals surface area contributed by atoms with E-state index in [2.05, 4.69) is 15.3 Å². The predicted octanol–water partition coefficient (Wildman–Crippen LogP) is 3.74. The van der Waals surface area contributed by atoms with E-state index in [-0.39, 0.29) is 28.5 Å². The van der Waals surface area contributed by atoms with Gasteiger partial charge in [0.1, 0.15) is 23.4 Å². The number of aldehydes is 1. The van der Waals surface area contributed by atoms with E-state index in [4.69, 9.17) is 16.9 Å². The number of rotatable bonds is 3. The van der Waals surface area contributed by atoms with Gasteiger partial charge in [-0.2, -0.15) is 5.26 Å². The number of nitrogens with zero attached hydrogens (tertiary/aromatic N) is 4. The predicted molar refractivity (Wildman–Crippen MR) is 93.2 cm³/mol. The van der Waals surface area contributed by atoms with Crippen LogP contribution < -0.4 is 10.2 Å². The molecule has 0 saturated carbocycles. The van der Waals surface area contributed by atoms with E-state index in [1.54, 1.807) is 0 Å². The van der Waals surface area contributed by atoms with Crippen LogP contribution in [0, 0.1) is 11.3 Å². The van der Waals surface area contributed by atoms with Crippen molar-refractivity contribution in [2.45, 2.75) is 19.3 Å². The summed E-state index contributed by atoms with van der Waals surface area (Å²) in [5, 5.41) is 11.5. The van der Waals surface area contributed by atoms with Gasteiger partial charge in [0.05, 0.1) is 10.6 Å². The molecule has 0 aliphatic carbocycles. The van der Waals surface area contributed by atoms with Crippen LogP contribution in [0.2, 0.25) is 5.02 Å². The van der Waals surface area contributed by atoms with Crippen LogP contribution in [0.4, 0.5) is 25.2 Å². The minimum absolute atomic E-state index is 0.121. The summed E-state index contributed by atoms with van der Waals surface area (Å²) in [4.78, 5) is 32.9. The molecule has 0 aromatic carbocycles. The van der Waals surface area contributed by atoms with Crippen molar-refractivity contribution in [1.29, 1.82) is 5.26 Å². The number of carbonyl (C=O) groups excluding carboxylic acids is 2. The Morgan fingerprint density at radius 1 is 1.44 bits per heavy atom. The van der Waals surface area contributed by atoms with Gasteiger partial charge in [-0.25, -0.2) is 23.5 Å². The number of alkyl halides is 2. The first-order valence-electron chi connectivity index (χ1n) is 7.86. The molecule has 0 bridgehead atoms. The second kappa shape index (κ2) is 7.63. The third-order valence-electron chi connectivity index (χ3n) is 4.02. The van der Waals surface area contributed by atoms with Crippen LogP contribution in [-0.2, 0) is 6.42 Å². The molecule has 27 heavy (non-hydrogen) atoms. The highest BCUT2D eigenvalue weighted by Gasteiger charge is 2.27. The standard InChI is InChI=1S/C17H12ClF2N5O2/c18-12-5-14(22-7-10(12)6-21)24-17(27)25-3-1-2-9-4-11(15(19)20)13(8-26)23-16(9)25/h4-5,7-8,15H,1-3H2,(H,22,24,27). The van der Waals surface area contributed by atoms with Crippen molar-refractivity contribution in [2.24, 2.45) is 0 Å². The molecule has 3 rings (SSSR count). The van der Waals surface area contributed by atoms with Gasteiger partial charge in [-0.15, -0.1) is 0 Å². The van der Waals surface area contributed by atoms with E-state index >= 15 is 0 Å². The summed E-state index contributed by atoms with van der Waals surface area (Å²) in [6.45, 7) is 0.294. The van der Waals surface area contributed by atoms with Crippen LogP contribution in [0.1, 0.15) is 40.0 Å². The Balaban J connectivity index is 1.91. The van der Waals surface area contributed by atoms with Crippen LogP contribution in [0.25, 0.3) is 0 Å². The largest absolute Gasteiger partial charge is 0.328 e. The molecule has 3 heterocycles. The van der Waals surface area contributed by atoms with Crippen LogP contribution in [0.3, 0.4) is 0 Å². The average molecular weight is 392 g/mol. The molecule has 0 atom stereocenters. The third-order valence-corrected chi connectivity index (χ3v) is 4.34. The molecule has 1 N–H and O–H groups in total. The lowest BCUT2D eigenvalue weighted by Gasteiger charge is -2.29. The second-order valence-corrected chi connectivity index (χ2v) is 6.12. The minimum Gasteiger partial charge on any atom is -0.296 e. The number of amides is 2. The van der Waals surface area contributed by atoms with Gasteiger partial charge in [0.2, 0.25) is 0 Å². The minimum atomic E-state index is -2.84. The highest BCUT2D eigenvalue weighted by molar-refractivity contribution is 6.32. The van der Waals surface area contributed by atoms with Crippen LogP contribution in [0.5, 0.6) is 0 Å². The van der Waals surface area contributed by atoms with Gasteiger partial charge in [-0.1, -0.05) is 11.6 Å². The molecule has 7 nitrogen and oxygen atoms in total. The van der Waals surface area contributed by atoms with Crippen molar-refractivity contribution in [2.75, 3.05) is 16.8 Å². The zero-order chi connectivity index (χ0) is 19.6. The number of aryl methyl sites for hydroxylation is 1. The Hall–Kier alpha value is -3.12. The molecule has 2 amide bonds. The van der Waals surface area contributed by atoms with Crippen molar-refractivity contribution in [3.8, 4) is 6.07 Å². The highest BCUT2D eigenvalue weighted by Crippen LogP contribution is 2.31. The lowest BCUT2D eigenvalue weighted by Crippen LogP contribution is -2.39. The fourth-order valence-corrected chi connectivity index (χ4v) is 2.95. The molecular weight excluding hydrogens is 380 g/mol. The summed E-state index contributed by atoms with van der Waals surface area (Å²) in [7, 11) is 0. The summed E-state index contributed by atoms with van der Waals surface area (Å²) in [5.74, 6) is 0.279. The van der Waals surface area contributed by atoms with E-state index in [9.17, 15) is 18.4 Å². The molecule has 10 heteroatoms. The Morgan fingerprint density at radius 3 is 2.85 bits per heavy atom. The molecule has 0 radical (unpaired) electrons. The molecule has 0 unspecified atom stereocenters. The molecule has 0 fully saturated rings. The molecule has 2 aromatic heterocycles. The molecule has 1 aliphatic rings. The number of urea groups is 1. The number of pyridine rings is 2. The van der Waals surface area contributed by atoms with Crippen LogP contribution in [0.15, 0.2) is 18.3 Å². The van der Waals surface area contributed by atoms with E-state index in [1.807, 2.05) is 6.07 Å². The summed E-state index contributed by atoms with van der Waals surface area (Å²) in [6, 6.07) is 3.80. The van der Waals surface area contributed by atoms with Crippen molar-refractivity contribution in [3.05, 3.63) is 45.7 Å². The third kappa shape index (κ3) is 3.71. The lowest BCUT2D eigenvalue weighted by molar-refractivity contribution is 0.110. The number of hydrogen-bond donors (Lipinski definition) is 1. The van der Waals surface area contributed by atoms with E-state index in [0.29, 0.717) is 24.9 Å². The maximum Gasteiger partial charge on any atom is 0.328 e. The number of anilines is 2. The van der Waals surface area contributed by atoms with Gasteiger partial charge in [0.15, 0.2) is 6.29 Å². The topological polar surface area (TPSA) is 99.0 Å². The lowest BCUT2D eigenvalue weighted by atomic mass is 10.0. The first-order chi connectivity index (χ1) is 12.9. The summed E-state index contributed by atoms with van der Waals surface area (Å²) < 4.78 is 26.2. The SMILES string of the molecule is N#Cc1cnc(NC(=O)N2CCCc3cc(C(F)F)c(C=O)nc32)cc1Cl. The van der Waals surface area contributed by atoms with Gasteiger partial charge in [0, 0.05) is 24.4 Å². The highest BCUT2D eigenvalue weighted by atomic mass is 35.5. The fraction of sp³-hybridized carbons (Fsp3) is 0.235. The van der Waals surface area contributed by atoms with Crippen molar-refractivity contribution in [3.63, 3.8) is 0 Å². The van der Waals surface area contributed by atoms with Gasteiger partial charge >= 0.3 is 6.03 Å². The Morgan fingerprint density at radius 2 is 2.22 bits per heavy atom. The number of nitriles is 1. The van der Waals surface area contributed by atoms with Gasteiger partial charge in [0.25, 0.3) is 6.43 Å². The van der Waals surface area contributed by atoms with E-state index in [0.717, 1.165) is 0 Å².